The zero-order valence-electron chi connectivity index (χ0n) is 13.2. The minimum absolute atomic E-state index is 0.0685. The average molecular weight is 301 g/mol. The molecule has 0 heterocycles. The van der Waals surface area contributed by atoms with Crippen LogP contribution in [0.1, 0.15) is 10.4 Å². The molecule has 1 rings (SSSR count). The third-order valence-electron chi connectivity index (χ3n) is 2.96. The summed E-state index contributed by atoms with van der Waals surface area (Å²) in [5.41, 5.74) is 1.25. The van der Waals surface area contributed by atoms with E-state index in [1.165, 1.54) is 4.90 Å². The third kappa shape index (κ3) is 5.54. The lowest BCUT2D eigenvalue weighted by Gasteiger charge is -2.18. The van der Waals surface area contributed by atoms with Gasteiger partial charge in [0.05, 0.1) is 6.54 Å². The molecule has 118 valence electrons. The van der Waals surface area contributed by atoms with Gasteiger partial charge in [-0.1, -0.05) is 12.2 Å². The summed E-state index contributed by atoms with van der Waals surface area (Å²) in [6.45, 7) is 8.84. The van der Waals surface area contributed by atoms with Crippen molar-refractivity contribution in [2.45, 2.75) is 0 Å². The molecule has 1 aromatic carbocycles. The molecule has 1 N–H and O–H groups in total. The molecule has 0 aromatic heterocycles. The van der Waals surface area contributed by atoms with E-state index in [0.29, 0.717) is 24.3 Å². The second-order valence-corrected chi connectivity index (χ2v) is 5.10. The van der Waals surface area contributed by atoms with Crippen molar-refractivity contribution in [3.63, 3.8) is 0 Å². The summed E-state index contributed by atoms with van der Waals surface area (Å²) in [4.78, 5) is 27.2. The van der Waals surface area contributed by atoms with E-state index < -0.39 is 0 Å². The van der Waals surface area contributed by atoms with E-state index in [0.717, 1.165) is 0 Å². The van der Waals surface area contributed by atoms with Crippen LogP contribution in [0, 0.1) is 0 Å². The fourth-order valence-corrected chi connectivity index (χ4v) is 1.93. The van der Waals surface area contributed by atoms with Gasteiger partial charge in [-0.05, 0) is 24.3 Å². The largest absolute Gasteiger partial charge is 0.345 e. The van der Waals surface area contributed by atoms with Gasteiger partial charge in [-0.25, -0.2) is 0 Å². The standard InChI is InChI=1S/C17H23N3O2/c1-5-11-20(12-6-2)13-16(21)18-15-9-7-14(8-10-15)17(22)19(3)4/h5-10H,1-2,11-13H2,3-4H3,(H,18,21). The predicted octanol–water partition coefficient (Wildman–Crippen LogP) is 2.00. The smallest absolute Gasteiger partial charge is 0.253 e. The molecule has 5 nitrogen and oxygen atoms in total. The SMILES string of the molecule is C=CCN(CC=C)CC(=O)Nc1ccc(C(=O)N(C)C)cc1. The van der Waals surface area contributed by atoms with E-state index in [4.69, 9.17) is 0 Å². The Hall–Kier alpha value is -2.40. The van der Waals surface area contributed by atoms with Crippen molar-refractivity contribution in [2.75, 3.05) is 39.0 Å². The fraction of sp³-hybridized carbons (Fsp3) is 0.294. The number of rotatable bonds is 8. The minimum atomic E-state index is -0.115. The second-order valence-electron chi connectivity index (χ2n) is 5.10. The number of hydrogen-bond acceptors (Lipinski definition) is 3. The Labute approximate surface area is 131 Å². The summed E-state index contributed by atoms with van der Waals surface area (Å²) in [6.07, 6.45) is 3.50. The van der Waals surface area contributed by atoms with Crippen molar-refractivity contribution in [1.82, 2.24) is 9.80 Å². The average Bonchev–Trinajstić information content (AvgIpc) is 2.47. The maximum atomic E-state index is 12.0. The lowest BCUT2D eigenvalue weighted by Crippen LogP contribution is -2.33. The third-order valence-corrected chi connectivity index (χ3v) is 2.96. The van der Waals surface area contributed by atoms with Gasteiger partial charge in [0, 0.05) is 38.4 Å². The van der Waals surface area contributed by atoms with Crippen LogP contribution >= 0.6 is 0 Å². The van der Waals surface area contributed by atoms with Gasteiger partial charge in [0.15, 0.2) is 0 Å². The van der Waals surface area contributed by atoms with E-state index in [2.05, 4.69) is 18.5 Å². The number of benzene rings is 1. The Kier molecular flexibility index (Phi) is 7.05. The van der Waals surface area contributed by atoms with Crippen molar-refractivity contribution < 1.29 is 9.59 Å². The van der Waals surface area contributed by atoms with Crippen molar-refractivity contribution >= 4 is 17.5 Å². The molecule has 0 saturated heterocycles. The number of hydrogen-bond donors (Lipinski definition) is 1. The number of amides is 2. The topological polar surface area (TPSA) is 52.7 Å². The highest BCUT2D eigenvalue weighted by Crippen LogP contribution is 2.11. The summed E-state index contributed by atoms with van der Waals surface area (Å²) in [5.74, 6) is -0.184. The zero-order valence-corrected chi connectivity index (χ0v) is 13.2. The number of anilines is 1. The molecule has 0 fully saturated rings. The number of carbonyl (C=O) groups excluding carboxylic acids is 2. The molecule has 2 amide bonds. The summed E-state index contributed by atoms with van der Waals surface area (Å²) >= 11 is 0. The Morgan fingerprint density at radius 1 is 1.09 bits per heavy atom. The monoisotopic (exact) mass is 301 g/mol. The summed E-state index contributed by atoms with van der Waals surface area (Å²) in [7, 11) is 3.40. The second kappa shape index (κ2) is 8.79. The van der Waals surface area contributed by atoms with Crippen LogP contribution < -0.4 is 5.32 Å². The molecule has 0 aliphatic carbocycles. The summed E-state index contributed by atoms with van der Waals surface area (Å²) in [5, 5.41) is 2.81. The molecule has 0 aliphatic heterocycles. The van der Waals surface area contributed by atoms with E-state index >= 15 is 0 Å². The van der Waals surface area contributed by atoms with Gasteiger partial charge in [0.2, 0.25) is 5.91 Å². The zero-order chi connectivity index (χ0) is 16.5. The van der Waals surface area contributed by atoms with Gasteiger partial charge in [-0.2, -0.15) is 0 Å². The number of nitrogens with zero attached hydrogens (tertiary/aromatic N) is 2. The molecule has 5 heteroatoms. The lowest BCUT2D eigenvalue weighted by atomic mass is 10.2. The van der Waals surface area contributed by atoms with Gasteiger partial charge in [-0.3, -0.25) is 14.5 Å². The van der Waals surface area contributed by atoms with E-state index in [9.17, 15) is 9.59 Å². The molecule has 0 aliphatic rings. The first-order valence-corrected chi connectivity index (χ1v) is 7.03. The molecule has 22 heavy (non-hydrogen) atoms. The molecule has 1 aromatic rings. The fourth-order valence-electron chi connectivity index (χ4n) is 1.93. The molecular formula is C17H23N3O2. The summed E-state index contributed by atoms with van der Waals surface area (Å²) < 4.78 is 0. The van der Waals surface area contributed by atoms with E-state index in [1.54, 1.807) is 50.5 Å². The molecular weight excluding hydrogens is 278 g/mol. The minimum Gasteiger partial charge on any atom is -0.345 e. The van der Waals surface area contributed by atoms with E-state index in [1.807, 2.05) is 4.90 Å². The van der Waals surface area contributed by atoms with Crippen molar-refractivity contribution in [2.24, 2.45) is 0 Å². The van der Waals surface area contributed by atoms with Crippen LogP contribution in [0.5, 0.6) is 0 Å². The number of carbonyl (C=O) groups is 2. The van der Waals surface area contributed by atoms with Crippen molar-refractivity contribution in [1.29, 1.82) is 0 Å². The summed E-state index contributed by atoms with van der Waals surface area (Å²) in [6, 6.07) is 6.84. The first-order valence-electron chi connectivity index (χ1n) is 7.03. The van der Waals surface area contributed by atoms with Crippen LogP contribution in [0.15, 0.2) is 49.6 Å². The highest BCUT2D eigenvalue weighted by atomic mass is 16.2. The van der Waals surface area contributed by atoms with Crippen molar-refractivity contribution in [3.8, 4) is 0 Å². The van der Waals surface area contributed by atoms with Gasteiger partial charge in [-0.15, -0.1) is 13.2 Å². The van der Waals surface area contributed by atoms with Crippen LogP contribution in [0.2, 0.25) is 0 Å². The predicted molar refractivity (Wildman–Crippen MR) is 89.9 cm³/mol. The molecule has 0 bridgehead atoms. The molecule has 0 unspecified atom stereocenters. The molecule has 0 atom stereocenters. The Morgan fingerprint density at radius 2 is 1.64 bits per heavy atom. The van der Waals surface area contributed by atoms with Crippen LogP contribution in [0.3, 0.4) is 0 Å². The van der Waals surface area contributed by atoms with Crippen LogP contribution in [-0.2, 0) is 4.79 Å². The van der Waals surface area contributed by atoms with Crippen LogP contribution in [0.4, 0.5) is 5.69 Å². The van der Waals surface area contributed by atoms with Gasteiger partial charge in [0.25, 0.3) is 5.91 Å². The van der Waals surface area contributed by atoms with Crippen LogP contribution in [0.25, 0.3) is 0 Å². The quantitative estimate of drug-likeness (QED) is 0.747. The normalized spacial score (nSPS) is 10.1. The van der Waals surface area contributed by atoms with Gasteiger partial charge in [0.1, 0.15) is 0 Å². The molecule has 0 saturated carbocycles. The molecule has 0 radical (unpaired) electrons. The van der Waals surface area contributed by atoms with Crippen LogP contribution in [-0.4, -0.2) is 55.3 Å². The molecule has 0 spiro atoms. The van der Waals surface area contributed by atoms with E-state index in [-0.39, 0.29) is 18.4 Å². The maximum Gasteiger partial charge on any atom is 0.253 e. The number of nitrogens with one attached hydrogen (secondary N) is 1. The Balaban J connectivity index is 2.62. The van der Waals surface area contributed by atoms with Gasteiger partial charge >= 0.3 is 0 Å². The van der Waals surface area contributed by atoms with Gasteiger partial charge < -0.3 is 10.2 Å². The maximum absolute atomic E-state index is 12.0. The lowest BCUT2D eigenvalue weighted by molar-refractivity contribution is -0.117. The Morgan fingerprint density at radius 3 is 2.09 bits per heavy atom. The van der Waals surface area contributed by atoms with Crippen molar-refractivity contribution in [3.05, 3.63) is 55.1 Å². The Bertz CT molecular complexity index is 525. The highest BCUT2D eigenvalue weighted by Gasteiger charge is 2.10. The first-order chi connectivity index (χ1) is 10.5. The highest BCUT2D eigenvalue weighted by molar-refractivity contribution is 5.96. The first kappa shape index (κ1) is 17.7.